The highest BCUT2D eigenvalue weighted by Crippen LogP contribution is 2.21. The Morgan fingerprint density at radius 1 is 0.436 bits per heavy atom. The quantitative estimate of drug-likeness (QED) is 0.156. The molecule has 6 fully saturated rings. The fourth-order valence-electron chi connectivity index (χ4n) is 7.29. The van der Waals surface area contributed by atoms with E-state index >= 15 is 0 Å². The Labute approximate surface area is 335 Å². The standard InChI is InChI=1S/C10H19NO2.C9H17NO2.C7H15NO.C6H13NO.C5H12N2.C4H10N2/c1-11-7-5-9(6-8-11)3-2-4-10(12)13;11-9(12)3-1-2-8-4-6-10-7-5-8;1-8-4-2-7(6-9)3-5-8;8-5-6-1-3-7-4-2-6;1-7-4-2-6-3-5-7;1-2-6-4-3-5-1/h9H,2-8H2,1H3,(H,12,13);8,10H,1-7H2,(H,11,12);7,9H,2-6H2,1H3;6-8H,1-5H2;6H,2-5H2,1H3;5-6H,1-4H2. The molecule has 14 nitrogen and oxygen atoms in total. The van der Waals surface area contributed by atoms with Crippen LogP contribution in [0, 0.1) is 23.7 Å². The van der Waals surface area contributed by atoms with Gasteiger partial charge in [0.1, 0.15) is 0 Å². The third kappa shape index (κ3) is 32.2. The van der Waals surface area contributed by atoms with Gasteiger partial charge in [0.05, 0.1) is 0 Å². The summed E-state index contributed by atoms with van der Waals surface area (Å²) in [6.07, 6.45) is 14.1. The molecule has 0 unspecified atom stereocenters. The number of aliphatic carboxylic acids is 2. The molecule has 6 saturated heterocycles. The van der Waals surface area contributed by atoms with Gasteiger partial charge >= 0.3 is 11.9 Å². The number of nitrogens with one attached hydrogen (secondary N) is 5. The van der Waals surface area contributed by atoms with Crippen LogP contribution in [0.15, 0.2) is 0 Å². The van der Waals surface area contributed by atoms with Crippen LogP contribution in [0.3, 0.4) is 0 Å². The fourth-order valence-corrected chi connectivity index (χ4v) is 7.29. The van der Waals surface area contributed by atoms with Gasteiger partial charge in [-0.25, -0.2) is 0 Å². The minimum Gasteiger partial charge on any atom is -0.481 e. The lowest BCUT2D eigenvalue weighted by Gasteiger charge is -2.28. The zero-order chi connectivity index (χ0) is 40.4. The molecule has 0 bridgehead atoms. The lowest BCUT2D eigenvalue weighted by molar-refractivity contribution is -0.138. The van der Waals surface area contributed by atoms with Crippen molar-refractivity contribution in [3.8, 4) is 0 Å². The van der Waals surface area contributed by atoms with E-state index in [2.05, 4.69) is 62.4 Å². The Morgan fingerprint density at radius 3 is 1.04 bits per heavy atom. The van der Waals surface area contributed by atoms with Gasteiger partial charge in [-0.2, -0.15) is 0 Å². The van der Waals surface area contributed by atoms with Crippen LogP contribution < -0.4 is 26.6 Å². The summed E-state index contributed by atoms with van der Waals surface area (Å²) < 4.78 is 0. The Hall–Kier alpha value is -1.46. The summed E-state index contributed by atoms with van der Waals surface area (Å²) in [5, 5.41) is 50.6. The summed E-state index contributed by atoms with van der Waals surface area (Å²) in [4.78, 5) is 27.5. The zero-order valence-corrected chi connectivity index (χ0v) is 35.4. The monoisotopic (exact) mass is 787 g/mol. The number of piperidine rings is 4. The summed E-state index contributed by atoms with van der Waals surface area (Å²) in [5.74, 6) is 1.38. The van der Waals surface area contributed by atoms with Gasteiger partial charge in [-0.05, 0) is 174 Å². The predicted octanol–water partition coefficient (Wildman–Crippen LogP) is 1.82. The van der Waals surface area contributed by atoms with Crippen LogP contribution in [-0.4, -0.2) is 186 Å². The molecule has 0 saturated carbocycles. The van der Waals surface area contributed by atoms with Crippen LogP contribution in [0.5, 0.6) is 0 Å². The molecule has 6 rings (SSSR count). The molecular formula is C41H86N8O6. The van der Waals surface area contributed by atoms with Gasteiger partial charge in [0.25, 0.3) is 0 Å². The molecule has 0 aliphatic carbocycles. The van der Waals surface area contributed by atoms with Crippen molar-refractivity contribution in [1.29, 1.82) is 0 Å². The van der Waals surface area contributed by atoms with Crippen molar-refractivity contribution in [3.05, 3.63) is 0 Å². The average Bonchev–Trinajstić information content (AvgIpc) is 3.22. The summed E-state index contributed by atoms with van der Waals surface area (Å²) in [7, 11) is 6.43. The van der Waals surface area contributed by atoms with Crippen molar-refractivity contribution in [1.82, 2.24) is 41.3 Å². The largest absolute Gasteiger partial charge is 0.481 e. The van der Waals surface area contributed by atoms with Crippen LogP contribution >= 0.6 is 0 Å². The molecule has 55 heavy (non-hydrogen) atoms. The van der Waals surface area contributed by atoms with Crippen LogP contribution in [-0.2, 0) is 9.59 Å². The number of carboxylic acid groups (broad SMARTS) is 2. The zero-order valence-electron chi connectivity index (χ0n) is 35.4. The second-order valence-electron chi connectivity index (χ2n) is 16.4. The molecule has 9 N–H and O–H groups in total. The Morgan fingerprint density at radius 2 is 0.727 bits per heavy atom. The summed E-state index contributed by atoms with van der Waals surface area (Å²) in [5.41, 5.74) is 0. The van der Waals surface area contributed by atoms with E-state index in [1.54, 1.807) is 0 Å². The molecule has 0 atom stereocenters. The number of piperazine rings is 2. The number of aliphatic hydroxyl groups excluding tert-OH is 2. The van der Waals surface area contributed by atoms with E-state index in [4.69, 9.17) is 20.4 Å². The number of carbonyl (C=O) groups is 2. The van der Waals surface area contributed by atoms with Crippen molar-refractivity contribution >= 4 is 11.9 Å². The van der Waals surface area contributed by atoms with Gasteiger partial charge in [0.2, 0.25) is 0 Å². The Bertz CT molecular complexity index is 859. The highest BCUT2D eigenvalue weighted by molar-refractivity contribution is 5.66. The smallest absolute Gasteiger partial charge is 0.303 e. The maximum Gasteiger partial charge on any atom is 0.303 e. The van der Waals surface area contributed by atoms with E-state index in [-0.39, 0.29) is 0 Å². The minimum atomic E-state index is -0.663. The van der Waals surface area contributed by atoms with Gasteiger partial charge in [0.15, 0.2) is 0 Å². The van der Waals surface area contributed by atoms with Gasteiger partial charge in [-0.15, -0.1) is 0 Å². The third-order valence-corrected chi connectivity index (χ3v) is 11.4. The van der Waals surface area contributed by atoms with Gasteiger partial charge in [0, 0.05) is 78.4 Å². The van der Waals surface area contributed by atoms with Crippen molar-refractivity contribution < 1.29 is 30.0 Å². The molecule has 0 aromatic rings. The topological polar surface area (TPSA) is 185 Å². The molecule has 0 radical (unpaired) electrons. The fraction of sp³-hybridized carbons (Fsp3) is 0.951. The number of aliphatic hydroxyl groups is 2. The molecular weight excluding hydrogens is 701 g/mol. The first-order valence-electron chi connectivity index (χ1n) is 21.9. The van der Waals surface area contributed by atoms with E-state index in [0.29, 0.717) is 37.9 Å². The summed E-state index contributed by atoms with van der Waals surface area (Å²) in [6.45, 7) is 19.1. The van der Waals surface area contributed by atoms with Crippen molar-refractivity contribution in [2.75, 3.05) is 139 Å². The van der Waals surface area contributed by atoms with Gasteiger partial charge in [-0.3, -0.25) is 9.59 Å². The van der Waals surface area contributed by atoms with E-state index in [0.717, 1.165) is 129 Å². The lowest BCUT2D eigenvalue weighted by atomic mass is 9.92. The minimum absolute atomic E-state index is 0.337. The molecule has 0 amide bonds. The number of likely N-dealkylation sites (tertiary alicyclic amines) is 2. The van der Waals surface area contributed by atoms with Crippen LogP contribution in [0.4, 0.5) is 0 Å². The van der Waals surface area contributed by atoms with Gasteiger partial charge in [-0.1, -0.05) is 0 Å². The van der Waals surface area contributed by atoms with E-state index in [1.165, 1.54) is 64.7 Å². The highest BCUT2D eigenvalue weighted by atomic mass is 16.4. The summed E-state index contributed by atoms with van der Waals surface area (Å²) >= 11 is 0. The molecule has 0 aromatic carbocycles. The first-order chi connectivity index (χ1) is 26.6. The second kappa shape index (κ2) is 35.7. The molecule has 0 aromatic heterocycles. The SMILES string of the molecule is C1CNCCN1.CN1CCC(CCCC(=O)O)CC1.CN1CCC(CO)CC1.CN1CCNCC1.O=C(O)CCCC1CCNCC1.OCC1CCNCC1. The predicted molar refractivity (Wildman–Crippen MR) is 225 cm³/mol. The molecule has 6 aliphatic rings. The average molecular weight is 787 g/mol. The van der Waals surface area contributed by atoms with E-state index in [1.807, 2.05) is 0 Å². The Balaban J connectivity index is 0.000000336. The van der Waals surface area contributed by atoms with E-state index in [9.17, 15) is 9.59 Å². The molecule has 326 valence electrons. The van der Waals surface area contributed by atoms with Crippen molar-refractivity contribution in [2.24, 2.45) is 23.7 Å². The molecule has 6 heterocycles. The number of nitrogens with zero attached hydrogens (tertiary/aromatic N) is 3. The highest BCUT2D eigenvalue weighted by Gasteiger charge is 2.17. The van der Waals surface area contributed by atoms with E-state index < -0.39 is 11.9 Å². The number of carboxylic acids is 2. The second-order valence-corrected chi connectivity index (χ2v) is 16.4. The van der Waals surface area contributed by atoms with Crippen LogP contribution in [0.25, 0.3) is 0 Å². The normalized spacial score (nSPS) is 22.3. The number of hydrogen-bond donors (Lipinski definition) is 9. The lowest BCUT2D eigenvalue weighted by Crippen LogP contribution is -2.40. The summed E-state index contributed by atoms with van der Waals surface area (Å²) in [6, 6.07) is 0. The molecule has 6 aliphatic heterocycles. The molecule has 0 spiro atoms. The Kier molecular flexibility index (Phi) is 33.5. The maximum atomic E-state index is 10.3. The van der Waals surface area contributed by atoms with Crippen LogP contribution in [0.1, 0.15) is 89.9 Å². The van der Waals surface area contributed by atoms with Crippen LogP contribution in [0.2, 0.25) is 0 Å². The van der Waals surface area contributed by atoms with Crippen molar-refractivity contribution in [3.63, 3.8) is 0 Å². The number of likely N-dealkylation sites (N-methyl/N-ethyl adjacent to an activating group) is 1. The third-order valence-electron chi connectivity index (χ3n) is 11.4. The first kappa shape index (κ1) is 51.6. The first-order valence-corrected chi connectivity index (χ1v) is 21.9. The van der Waals surface area contributed by atoms with Crippen molar-refractivity contribution in [2.45, 2.75) is 89.9 Å². The maximum absolute atomic E-state index is 10.3. The van der Waals surface area contributed by atoms with Gasteiger partial charge < -0.3 is 61.7 Å². The number of hydrogen-bond acceptors (Lipinski definition) is 12. The number of rotatable bonds is 10. The molecule has 14 heteroatoms.